The zero-order valence-corrected chi connectivity index (χ0v) is 17.9. The molecule has 7 heteroatoms. The molecular weight excluding hydrogens is 400 g/mol. The summed E-state index contributed by atoms with van der Waals surface area (Å²) in [4.78, 5) is 17.2. The first-order valence-electron chi connectivity index (χ1n) is 9.83. The van der Waals surface area contributed by atoms with Crippen LogP contribution in [0.25, 0.3) is 11.1 Å². The van der Waals surface area contributed by atoms with Crippen molar-refractivity contribution in [3.63, 3.8) is 0 Å². The number of hydrogen-bond acceptors (Lipinski definition) is 4. The van der Waals surface area contributed by atoms with Crippen LogP contribution in [0.5, 0.6) is 0 Å². The summed E-state index contributed by atoms with van der Waals surface area (Å²) in [6, 6.07) is 14.8. The summed E-state index contributed by atoms with van der Waals surface area (Å²) in [7, 11) is 0. The predicted molar refractivity (Wildman–Crippen MR) is 117 cm³/mol. The fourth-order valence-corrected chi connectivity index (χ4v) is 3.57. The van der Waals surface area contributed by atoms with Crippen LogP contribution in [0.3, 0.4) is 0 Å². The second-order valence-electron chi connectivity index (χ2n) is 7.58. The van der Waals surface area contributed by atoms with Gasteiger partial charge < -0.3 is 9.73 Å². The van der Waals surface area contributed by atoms with Crippen molar-refractivity contribution in [2.24, 2.45) is 0 Å². The molecule has 30 heavy (non-hydrogen) atoms. The molecule has 0 aliphatic carbocycles. The lowest BCUT2D eigenvalue weighted by Crippen LogP contribution is -2.36. The Kier molecular flexibility index (Phi) is 5.59. The summed E-state index contributed by atoms with van der Waals surface area (Å²) in [5, 5.41) is 8.17. The largest absolute Gasteiger partial charge is 0.440 e. The normalized spacial score (nSPS) is 12.3. The minimum atomic E-state index is -0.145. The highest BCUT2D eigenvalue weighted by molar-refractivity contribution is 6.30. The summed E-state index contributed by atoms with van der Waals surface area (Å²) >= 11 is 5.93. The molecule has 1 N–H and O–H groups in total. The van der Waals surface area contributed by atoms with Gasteiger partial charge in [-0.15, -0.1) is 0 Å². The van der Waals surface area contributed by atoms with Crippen molar-refractivity contribution in [1.29, 1.82) is 0 Å². The Morgan fingerprint density at radius 2 is 1.93 bits per heavy atom. The van der Waals surface area contributed by atoms with Gasteiger partial charge in [0.15, 0.2) is 11.5 Å². The van der Waals surface area contributed by atoms with Crippen LogP contribution >= 0.6 is 11.6 Å². The van der Waals surface area contributed by atoms with Crippen LogP contribution in [-0.2, 0) is 13.0 Å². The second-order valence-corrected chi connectivity index (χ2v) is 8.01. The van der Waals surface area contributed by atoms with Crippen LogP contribution in [0.2, 0.25) is 5.02 Å². The van der Waals surface area contributed by atoms with Gasteiger partial charge >= 0.3 is 0 Å². The average molecular weight is 423 g/mol. The molecule has 154 valence electrons. The zero-order chi connectivity index (χ0) is 21.3. The lowest BCUT2D eigenvalue weighted by atomic mass is 10.1. The van der Waals surface area contributed by atoms with E-state index in [4.69, 9.17) is 16.0 Å². The Labute approximate surface area is 179 Å². The molecule has 0 aliphatic heterocycles. The standard InChI is InChI=1S/C23H23ClN4O2/c1-14-10-16(3)28(27-14)13-15(2)25-23(29)18-6-9-21-20(12-18)26-22(30-21)11-17-4-7-19(24)8-5-17/h4-10,12,15H,11,13H2,1-3H3,(H,25,29). The van der Waals surface area contributed by atoms with Gasteiger partial charge in [0.2, 0.25) is 0 Å². The molecule has 0 spiro atoms. The van der Waals surface area contributed by atoms with E-state index >= 15 is 0 Å². The van der Waals surface area contributed by atoms with Crippen molar-refractivity contribution in [2.75, 3.05) is 0 Å². The van der Waals surface area contributed by atoms with E-state index in [0.717, 1.165) is 17.0 Å². The summed E-state index contributed by atoms with van der Waals surface area (Å²) in [5.74, 6) is 0.455. The number of amides is 1. The second kappa shape index (κ2) is 8.32. The zero-order valence-electron chi connectivity index (χ0n) is 17.1. The molecule has 0 aliphatic rings. The molecule has 0 bridgehead atoms. The number of nitrogens with zero attached hydrogens (tertiary/aromatic N) is 3. The topological polar surface area (TPSA) is 73.0 Å². The molecule has 0 saturated carbocycles. The molecule has 1 unspecified atom stereocenters. The highest BCUT2D eigenvalue weighted by atomic mass is 35.5. The van der Waals surface area contributed by atoms with Gasteiger partial charge in [-0.2, -0.15) is 5.10 Å². The summed E-state index contributed by atoms with van der Waals surface area (Å²) in [6.45, 7) is 6.55. The Morgan fingerprint density at radius 1 is 1.17 bits per heavy atom. The quantitative estimate of drug-likeness (QED) is 0.488. The maximum Gasteiger partial charge on any atom is 0.251 e. The van der Waals surface area contributed by atoms with Crippen LogP contribution in [0.1, 0.15) is 40.1 Å². The van der Waals surface area contributed by atoms with Crippen molar-refractivity contribution >= 4 is 28.6 Å². The Bertz CT molecular complexity index is 1190. The number of benzene rings is 2. The molecule has 6 nitrogen and oxygen atoms in total. The first kappa shape index (κ1) is 20.2. The smallest absolute Gasteiger partial charge is 0.251 e. The van der Waals surface area contributed by atoms with Crippen LogP contribution in [0.15, 0.2) is 52.9 Å². The molecule has 0 fully saturated rings. The number of carbonyl (C=O) groups excluding carboxylic acids is 1. The number of fused-ring (bicyclic) bond motifs is 1. The molecule has 2 heterocycles. The van der Waals surface area contributed by atoms with Crippen molar-refractivity contribution in [2.45, 2.75) is 39.8 Å². The molecule has 1 atom stereocenters. The monoisotopic (exact) mass is 422 g/mol. The predicted octanol–water partition coefficient (Wildman–Crippen LogP) is 4.70. The number of rotatable bonds is 6. The minimum Gasteiger partial charge on any atom is -0.440 e. The van der Waals surface area contributed by atoms with Gasteiger partial charge in [-0.05, 0) is 62.7 Å². The van der Waals surface area contributed by atoms with Gasteiger partial charge in [-0.25, -0.2) is 4.98 Å². The molecule has 2 aromatic heterocycles. The Hall–Kier alpha value is -3.12. The number of aryl methyl sites for hydroxylation is 2. The van der Waals surface area contributed by atoms with E-state index < -0.39 is 0 Å². The summed E-state index contributed by atoms with van der Waals surface area (Å²) in [6.07, 6.45) is 0.563. The van der Waals surface area contributed by atoms with E-state index in [2.05, 4.69) is 15.4 Å². The lowest BCUT2D eigenvalue weighted by molar-refractivity contribution is 0.0936. The number of nitrogens with one attached hydrogen (secondary N) is 1. The third kappa shape index (κ3) is 4.54. The molecule has 4 rings (SSSR count). The van der Waals surface area contributed by atoms with Crippen LogP contribution < -0.4 is 5.32 Å². The van der Waals surface area contributed by atoms with E-state index in [1.807, 2.05) is 55.8 Å². The Balaban J connectivity index is 1.45. The van der Waals surface area contributed by atoms with Crippen molar-refractivity contribution < 1.29 is 9.21 Å². The number of halogens is 1. The SMILES string of the molecule is Cc1cc(C)n(CC(C)NC(=O)c2ccc3oc(Cc4ccc(Cl)cc4)nc3c2)n1. The van der Waals surface area contributed by atoms with E-state index in [9.17, 15) is 4.79 Å². The lowest BCUT2D eigenvalue weighted by Gasteiger charge is -2.15. The van der Waals surface area contributed by atoms with Gasteiger partial charge in [-0.3, -0.25) is 9.48 Å². The van der Waals surface area contributed by atoms with Gasteiger partial charge in [-0.1, -0.05) is 23.7 Å². The van der Waals surface area contributed by atoms with E-state index in [-0.39, 0.29) is 11.9 Å². The highest BCUT2D eigenvalue weighted by Crippen LogP contribution is 2.20. The molecule has 4 aromatic rings. The van der Waals surface area contributed by atoms with E-state index in [0.29, 0.717) is 40.5 Å². The third-order valence-electron chi connectivity index (χ3n) is 4.89. The van der Waals surface area contributed by atoms with E-state index in [1.54, 1.807) is 18.2 Å². The number of oxazole rings is 1. The molecular formula is C23H23ClN4O2. The maximum atomic E-state index is 12.7. The number of aromatic nitrogens is 3. The summed E-state index contributed by atoms with van der Waals surface area (Å²) < 4.78 is 7.73. The third-order valence-corrected chi connectivity index (χ3v) is 5.14. The van der Waals surface area contributed by atoms with Crippen LogP contribution in [0.4, 0.5) is 0 Å². The molecule has 0 radical (unpaired) electrons. The number of carbonyl (C=O) groups is 1. The number of hydrogen-bond donors (Lipinski definition) is 1. The van der Waals surface area contributed by atoms with Gasteiger partial charge in [0, 0.05) is 28.7 Å². The fourth-order valence-electron chi connectivity index (χ4n) is 3.44. The fraction of sp³-hybridized carbons (Fsp3) is 0.261. The van der Waals surface area contributed by atoms with Gasteiger partial charge in [0.25, 0.3) is 5.91 Å². The minimum absolute atomic E-state index is 0.0658. The average Bonchev–Trinajstić information content (AvgIpc) is 3.24. The molecule has 2 aromatic carbocycles. The molecule has 1 amide bonds. The summed E-state index contributed by atoms with van der Waals surface area (Å²) in [5.41, 5.74) is 4.97. The Morgan fingerprint density at radius 3 is 2.63 bits per heavy atom. The highest BCUT2D eigenvalue weighted by Gasteiger charge is 2.14. The first-order valence-corrected chi connectivity index (χ1v) is 10.2. The van der Waals surface area contributed by atoms with Gasteiger partial charge in [0.1, 0.15) is 5.52 Å². The van der Waals surface area contributed by atoms with Crippen LogP contribution in [-0.4, -0.2) is 26.7 Å². The van der Waals surface area contributed by atoms with Crippen molar-refractivity contribution in [3.05, 3.63) is 82.0 Å². The van der Waals surface area contributed by atoms with Crippen LogP contribution in [0, 0.1) is 13.8 Å². The molecule has 0 saturated heterocycles. The van der Waals surface area contributed by atoms with Crippen molar-refractivity contribution in [1.82, 2.24) is 20.1 Å². The van der Waals surface area contributed by atoms with Gasteiger partial charge in [0.05, 0.1) is 12.2 Å². The first-order chi connectivity index (χ1) is 14.4. The van der Waals surface area contributed by atoms with Crippen molar-refractivity contribution in [3.8, 4) is 0 Å². The maximum absolute atomic E-state index is 12.7. The van der Waals surface area contributed by atoms with E-state index in [1.165, 1.54) is 0 Å².